The summed E-state index contributed by atoms with van der Waals surface area (Å²) in [6.07, 6.45) is -1.62. The van der Waals surface area contributed by atoms with E-state index in [-0.39, 0.29) is 29.9 Å². The second kappa shape index (κ2) is 10.7. The van der Waals surface area contributed by atoms with Crippen LogP contribution in [0.2, 0.25) is 0 Å². The molecule has 1 atom stereocenters. The number of carbonyl (C=O) groups is 2. The lowest BCUT2D eigenvalue weighted by Gasteiger charge is -2.32. The van der Waals surface area contributed by atoms with Gasteiger partial charge in [-0.05, 0) is 63.8 Å². The lowest BCUT2D eigenvalue weighted by molar-refractivity contribution is -0.114. The van der Waals surface area contributed by atoms with E-state index >= 15 is 0 Å². The van der Waals surface area contributed by atoms with Gasteiger partial charge in [-0.1, -0.05) is 13.8 Å². The van der Waals surface area contributed by atoms with E-state index in [1.54, 1.807) is 39.8 Å². The summed E-state index contributed by atoms with van der Waals surface area (Å²) in [7, 11) is 0. The first kappa shape index (κ1) is 27.2. The van der Waals surface area contributed by atoms with Gasteiger partial charge in [0, 0.05) is 24.2 Å². The highest BCUT2D eigenvalue weighted by Gasteiger charge is 2.33. The van der Waals surface area contributed by atoms with Crippen LogP contribution in [0, 0.1) is 5.92 Å². The summed E-state index contributed by atoms with van der Waals surface area (Å²) in [5, 5.41) is 3.61. The molecule has 0 fully saturated rings. The number of nitrogens with one attached hydrogen (secondary N) is 1. The second-order valence-electron chi connectivity index (χ2n) is 10.2. The van der Waals surface area contributed by atoms with Crippen LogP contribution in [0.1, 0.15) is 72.4 Å². The molecule has 1 aromatic carbocycles. The van der Waals surface area contributed by atoms with Crippen molar-refractivity contribution in [3.63, 3.8) is 0 Å². The first-order valence-corrected chi connectivity index (χ1v) is 11.8. The van der Waals surface area contributed by atoms with E-state index in [9.17, 15) is 18.4 Å². The molecule has 0 bridgehead atoms. The Labute approximate surface area is 209 Å². The fourth-order valence-corrected chi connectivity index (χ4v) is 3.98. The number of pyridine rings is 1. The standard InChI is InChI=1S/C26H33F2N3O5/c1-14(2)10-15(3)31(25(33)35-26(5,6)7)36-20-9-8-18-19-11-21(30-16(4)32)29-12-17(19)13-34-23(18)22(20)24(27)28/h8-9,11-12,14-15,24H,10,13H2,1-7H3,(H,29,30,32)/t15-/m0/s1. The van der Waals surface area contributed by atoms with Crippen molar-refractivity contribution in [3.05, 3.63) is 35.5 Å². The average Bonchev–Trinajstić information content (AvgIpc) is 2.74. The number of benzene rings is 1. The summed E-state index contributed by atoms with van der Waals surface area (Å²) in [5.74, 6) is -0.0329. The average molecular weight is 506 g/mol. The van der Waals surface area contributed by atoms with Gasteiger partial charge in [-0.3, -0.25) is 4.79 Å². The van der Waals surface area contributed by atoms with E-state index in [1.807, 2.05) is 13.8 Å². The van der Waals surface area contributed by atoms with E-state index in [2.05, 4.69) is 10.3 Å². The quantitative estimate of drug-likeness (QED) is 0.432. The minimum Gasteiger partial charge on any atom is -0.488 e. The molecule has 1 aliphatic rings. The van der Waals surface area contributed by atoms with Gasteiger partial charge in [-0.2, -0.15) is 0 Å². The van der Waals surface area contributed by atoms with Crippen LogP contribution in [0.4, 0.5) is 19.4 Å². The van der Waals surface area contributed by atoms with Crippen LogP contribution in [0.5, 0.6) is 11.5 Å². The molecule has 0 spiro atoms. The number of amides is 2. The molecule has 0 saturated carbocycles. The molecule has 0 unspecified atom stereocenters. The molecular weight excluding hydrogens is 472 g/mol. The van der Waals surface area contributed by atoms with Gasteiger partial charge in [0.2, 0.25) is 5.91 Å². The number of hydrogen-bond acceptors (Lipinski definition) is 6. The molecule has 2 amide bonds. The zero-order valence-corrected chi connectivity index (χ0v) is 21.6. The van der Waals surface area contributed by atoms with Gasteiger partial charge in [-0.15, -0.1) is 5.06 Å². The normalized spacial score (nSPS) is 13.4. The van der Waals surface area contributed by atoms with E-state index in [0.717, 1.165) is 5.06 Å². The summed E-state index contributed by atoms with van der Waals surface area (Å²) in [5.41, 5.74) is 0.435. The topological polar surface area (TPSA) is 90.0 Å². The Morgan fingerprint density at radius 1 is 1.19 bits per heavy atom. The fourth-order valence-electron chi connectivity index (χ4n) is 3.98. The molecule has 10 heteroatoms. The lowest BCUT2D eigenvalue weighted by atomic mass is 9.95. The monoisotopic (exact) mass is 505 g/mol. The molecule has 8 nitrogen and oxygen atoms in total. The zero-order chi connectivity index (χ0) is 26.8. The lowest BCUT2D eigenvalue weighted by Crippen LogP contribution is -2.45. The first-order chi connectivity index (χ1) is 16.8. The molecule has 1 aliphatic heterocycles. The predicted octanol–water partition coefficient (Wildman–Crippen LogP) is 6.50. The van der Waals surface area contributed by atoms with Crippen molar-refractivity contribution in [1.29, 1.82) is 0 Å². The third-order valence-electron chi connectivity index (χ3n) is 5.31. The number of hydrogen-bond donors (Lipinski definition) is 1. The predicted molar refractivity (Wildman–Crippen MR) is 131 cm³/mol. The number of carbonyl (C=O) groups excluding carboxylic acids is 2. The molecular formula is C26H33F2N3O5. The molecule has 3 rings (SSSR count). The van der Waals surface area contributed by atoms with Crippen molar-refractivity contribution in [2.45, 2.75) is 79.6 Å². The third kappa shape index (κ3) is 6.41. The SMILES string of the molecule is CC(=O)Nc1cc2c(cn1)COc1c-2ccc(ON(C(=O)OC(C)(C)C)[C@@H](C)CC(C)C)c1C(F)F. The fraction of sp³-hybridized carbons (Fsp3) is 0.500. The number of rotatable bonds is 7. The van der Waals surface area contributed by atoms with Crippen LogP contribution in [0.15, 0.2) is 24.4 Å². The Morgan fingerprint density at radius 2 is 1.89 bits per heavy atom. The minimum absolute atomic E-state index is 0.0123. The molecule has 0 saturated heterocycles. The van der Waals surface area contributed by atoms with Crippen molar-refractivity contribution in [2.75, 3.05) is 5.32 Å². The van der Waals surface area contributed by atoms with Gasteiger partial charge < -0.3 is 19.6 Å². The molecule has 1 aromatic heterocycles. The van der Waals surface area contributed by atoms with Crippen molar-refractivity contribution in [2.24, 2.45) is 5.92 Å². The molecule has 2 heterocycles. The Hall–Kier alpha value is -3.43. The van der Waals surface area contributed by atoms with Crippen molar-refractivity contribution >= 4 is 17.8 Å². The number of aromatic nitrogens is 1. The Balaban J connectivity index is 2.05. The second-order valence-corrected chi connectivity index (χ2v) is 10.2. The molecule has 36 heavy (non-hydrogen) atoms. The van der Waals surface area contributed by atoms with Crippen LogP contribution < -0.4 is 14.9 Å². The number of hydroxylamine groups is 2. The van der Waals surface area contributed by atoms with E-state index < -0.39 is 29.7 Å². The summed E-state index contributed by atoms with van der Waals surface area (Å²) < 4.78 is 40.0. The maximum atomic E-state index is 14.4. The van der Waals surface area contributed by atoms with Crippen LogP contribution in [-0.4, -0.2) is 33.7 Å². The minimum atomic E-state index is -2.95. The van der Waals surface area contributed by atoms with E-state index in [0.29, 0.717) is 28.9 Å². The highest BCUT2D eigenvalue weighted by molar-refractivity contribution is 5.89. The smallest absolute Gasteiger partial charge is 0.443 e. The van der Waals surface area contributed by atoms with Gasteiger partial charge in [0.25, 0.3) is 6.43 Å². The van der Waals surface area contributed by atoms with Gasteiger partial charge >= 0.3 is 6.09 Å². The van der Waals surface area contributed by atoms with Gasteiger partial charge in [0.15, 0.2) is 5.75 Å². The third-order valence-corrected chi connectivity index (χ3v) is 5.31. The van der Waals surface area contributed by atoms with Crippen LogP contribution in [0.25, 0.3) is 11.1 Å². The Bertz CT molecular complexity index is 1130. The van der Waals surface area contributed by atoms with Gasteiger partial charge in [0.05, 0.1) is 6.04 Å². The maximum Gasteiger partial charge on any atom is 0.443 e. The summed E-state index contributed by atoms with van der Waals surface area (Å²) in [6, 6.07) is 4.14. The first-order valence-electron chi connectivity index (χ1n) is 11.8. The number of fused-ring (bicyclic) bond motifs is 3. The summed E-state index contributed by atoms with van der Waals surface area (Å²) >= 11 is 0. The number of alkyl halides is 2. The van der Waals surface area contributed by atoms with Crippen LogP contribution in [0.3, 0.4) is 0 Å². The Morgan fingerprint density at radius 3 is 2.47 bits per heavy atom. The highest BCUT2D eigenvalue weighted by Crippen LogP contribution is 2.47. The van der Waals surface area contributed by atoms with Gasteiger partial charge in [0.1, 0.15) is 29.3 Å². The number of anilines is 1. The van der Waals surface area contributed by atoms with Gasteiger partial charge in [-0.25, -0.2) is 18.6 Å². The largest absolute Gasteiger partial charge is 0.488 e. The summed E-state index contributed by atoms with van der Waals surface area (Å²) in [4.78, 5) is 34.4. The van der Waals surface area contributed by atoms with Crippen molar-refractivity contribution < 1.29 is 32.7 Å². The molecule has 0 radical (unpaired) electrons. The molecule has 0 aliphatic carbocycles. The molecule has 1 N–H and O–H groups in total. The summed E-state index contributed by atoms with van der Waals surface area (Å²) in [6.45, 7) is 12.3. The zero-order valence-electron chi connectivity index (χ0n) is 21.6. The van der Waals surface area contributed by atoms with E-state index in [1.165, 1.54) is 19.2 Å². The van der Waals surface area contributed by atoms with Crippen LogP contribution in [-0.2, 0) is 16.1 Å². The molecule has 2 aromatic rings. The maximum absolute atomic E-state index is 14.4. The number of ether oxygens (including phenoxy) is 2. The van der Waals surface area contributed by atoms with Crippen molar-refractivity contribution in [1.82, 2.24) is 10.0 Å². The molecule has 196 valence electrons. The Kier molecular flexibility index (Phi) is 8.05. The number of halogens is 2. The van der Waals surface area contributed by atoms with Crippen LogP contribution >= 0.6 is 0 Å². The number of nitrogens with zero attached hydrogens (tertiary/aromatic N) is 2. The van der Waals surface area contributed by atoms with Crippen molar-refractivity contribution in [3.8, 4) is 22.6 Å². The van der Waals surface area contributed by atoms with E-state index in [4.69, 9.17) is 14.3 Å². The highest BCUT2D eigenvalue weighted by atomic mass is 19.3.